The predicted molar refractivity (Wildman–Crippen MR) is 104 cm³/mol. The van der Waals surface area contributed by atoms with Crippen LogP contribution in [0.25, 0.3) is 0 Å². The van der Waals surface area contributed by atoms with Gasteiger partial charge in [0.25, 0.3) is 0 Å². The molecule has 26 heavy (non-hydrogen) atoms. The number of thioether (sulfide) groups is 1. The van der Waals surface area contributed by atoms with Crippen LogP contribution in [0.4, 0.5) is 10.5 Å². The zero-order chi connectivity index (χ0) is 19.3. The van der Waals surface area contributed by atoms with Crippen LogP contribution in [0.15, 0.2) is 17.0 Å². The van der Waals surface area contributed by atoms with Gasteiger partial charge >= 0.3 is 6.09 Å². The number of nitrogens with one attached hydrogen (secondary N) is 1. The monoisotopic (exact) mass is 400 g/mol. The normalized spacial score (nSPS) is 13.3. The van der Waals surface area contributed by atoms with Crippen molar-refractivity contribution in [2.45, 2.75) is 37.7 Å². The Morgan fingerprint density at radius 2 is 2.08 bits per heavy atom. The maximum Gasteiger partial charge on any atom is 0.410 e. The van der Waals surface area contributed by atoms with Gasteiger partial charge in [-0.25, -0.2) is 4.79 Å². The maximum absolute atomic E-state index is 11.8. The Morgan fingerprint density at radius 1 is 1.35 bits per heavy atom. The lowest BCUT2D eigenvalue weighted by Gasteiger charge is -2.24. The Balaban J connectivity index is 1.66. The molecule has 1 aliphatic rings. The molecule has 1 aromatic carbocycles. The zero-order valence-electron chi connectivity index (χ0n) is 15.6. The number of halogens is 1. The van der Waals surface area contributed by atoms with E-state index in [9.17, 15) is 9.59 Å². The fraction of sp³-hybridized carbons (Fsp3) is 0.556. The van der Waals surface area contributed by atoms with Crippen LogP contribution in [0.1, 0.15) is 26.3 Å². The topological polar surface area (TPSA) is 67.9 Å². The number of amides is 2. The Morgan fingerprint density at radius 3 is 2.77 bits per heavy atom. The highest BCUT2D eigenvalue weighted by Gasteiger charge is 2.20. The van der Waals surface area contributed by atoms with Crippen LogP contribution in [0, 0.1) is 0 Å². The molecule has 0 aromatic heterocycles. The summed E-state index contributed by atoms with van der Waals surface area (Å²) in [6, 6.07) is 3.75. The van der Waals surface area contributed by atoms with Gasteiger partial charge in [-0.1, -0.05) is 11.6 Å². The van der Waals surface area contributed by atoms with Gasteiger partial charge in [0.2, 0.25) is 5.91 Å². The zero-order valence-corrected chi connectivity index (χ0v) is 17.1. The van der Waals surface area contributed by atoms with Crippen LogP contribution in [0.3, 0.4) is 0 Å². The van der Waals surface area contributed by atoms with Crippen molar-refractivity contribution >= 4 is 41.1 Å². The maximum atomic E-state index is 11.8. The Bertz CT molecular complexity index is 676. The third-order valence-electron chi connectivity index (χ3n) is 3.54. The number of fused-ring (bicyclic) bond motifs is 1. The van der Waals surface area contributed by atoms with Crippen LogP contribution in [-0.2, 0) is 20.7 Å². The van der Waals surface area contributed by atoms with Crippen LogP contribution < -0.4 is 5.32 Å². The summed E-state index contributed by atoms with van der Waals surface area (Å²) in [4.78, 5) is 25.7. The molecule has 0 fully saturated rings. The molecule has 0 spiro atoms. The van der Waals surface area contributed by atoms with Crippen molar-refractivity contribution in [1.82, 2.24) is 4.90 Å². The van der Waals surface area contributed by atoms with Gasteiger partial charge in [0.05, 0.1) is 24.7 Å². The summed E-state index contributed by atoms with van der Waals surface area (Å²) in [6.07, 6.45) is 0.0386. The third-order valence-corrected chi connectivity index (χ3v) is 4.99. The van der Waals surface area contributed by atoms with Gasteiger partial charge in [-0.2, -0.15) is 0 Å². The van der Waals surface area contributed by atoms with E-state index in [0.29, 0.717) is 31.2 Å². The lowest BCUT2D eigenvalue weighted by Crippen LogP contribution is -2.36. The molecule has 0 saturated heterocycles. The summed E-state index contributed by atoms with van der Waals surface area (Å²) >= 11 is 7.84. The van der Waals surface area contributed by atoms with Crippen molar-refractivity contribution in [2.75, 3.05) is 37.9 Å². The van der Waals surface area contributed by atoms with Crippen molar-refractivity contribution < 1.29 is 19.1 Å². The fourth-order valence-electron chi connectivity index (χ4n) is 2.28. The number of hydrogen-bond acceptors (Lipinski definition) is 5. The van der Waals surface area contributed by atoms with E-state index in [1.807, 2.05) is 26.8 Å². The van der Waals surface area contributed by atoms with Gasteiger partial charge in [-0.3, -0.25) is 4.79 Å². The number of ether oxygens (including phenoxy) is 2. The van der Waals surface area contributed by atoms with Crippen molar-refractivity contribution in [1.29, 1.82) is 0 Å². The largest absolute Gasteiger partial charge is 0.444 e. The number of anilines is 1. The highest BCUT2D eigenvalue weighted by Crippen LogP contribution is 2.35. The van der Waals surface area contributed by atoms with Crippen molar-refractivity contribution in [2.24, 2.45) is 0 Å². The molecule has 0 radical (unpaired) electrons. The lowest BCUT2D eigenvalue weighted by molar-refractivity contribution is -0.115. The standard InChI is InChI=1S/C18H25ClN2O4S/c1-18(2,3)25-17(23)21(4)5-6-24-7-8-26-15-9-12-10-16(22)20-14(12)11-13(15)19/h9,11H,5-8,10H2,1-4H3,(H,20,22). The molecule has 1 heterocycles. The quantitative estimate of drug-likeness (QED) is 0.556. The summed E-state index contributed by atoms with van der Waals surface area (Å²) in [5.41, 5.74) is 1.27. The molecule has 0 atom stereocenters. The minimum atomic E-state index is -0.502. The van der Waals surface area contributed by atoms with E-state index in [2.05, 4.69) is 5.32 Å². The SMILES string of the molecule is CN(CCOCCSc1cc2c(cc1Cl)NC(=O)C2)C(=O)OC(C)(C)C. The van der Waals surface area contributed by atoms with E-state index in [-0.39, 0.29) is 12.0 Å². The van der Waals surface area contributed by atoms with Crippen LogP contribution in [0.5, 0.6) is 0 Å². The molecular formula is C18H25ClN2O4S. The van der Waals surface area contributed by atoms with Crippen LogP contribution in [-0.4, -0.2) is 55.1 Å². The molecule has 0 bridgehead atoms. The smallest absolute Gasteiger partial charge is 0.410 e. The van der Waals surface area contributed by atoms with Gasteiger partial charge < -0.3 is 19.7 Å². The highest BCUT2D eigenvalue weighted by molar-refractivity contribution is 7.99. The van der Waals surface area contributed by atoms with E-state index >= 15 is 0 Å². The summed E-state index contributed by atoms with van der Waals surface area (Å²) in [6.45, 7) is 6.95. The Hall–Kier alpha value is -1.44. The van der Waals surface area contributed by atoms with E-state index in [4.69, 9.17) is 21.1 Å². The molecular weight excluding hydrogens is 376 g/mol. The number of carbonyl (C=O) groups excluding carboxylic acids is 2. The second-order valence-electron chi connectivity index (χ2n) is 7.03. The first-order valence-electron chi connectivity index (χ1n) is 8.42. The third kappa shape index (κ3) is 6.37. The molecule has 0 aliphatic carbocycles. The summed E-state index contributed by atoms with van der Waals surface area (Å²) in [7, 11) is 1.69. The highest BCUT2D eigenvalue weighted by atomic mass is 35.5. The van der Waals surface area contributed by atoms with E-state index in [1.54, 1.807) is 24.9 Å². The van der Waals surface area contributed by atoms with E-state index in [0.717, 1.165) is 21.9 Å². The number of nitrogens with zero attached hydrogens (tertiary/aromatic N) is 1. The molecule has 0 unspecified atom stereocenters. The molecule has 1 aromatic rings. The number of hydrogen-bond donors (Lipinski definition) is 1. The summed E-state index contributed by atoms with van der Waals surface area (Å²) < 4.78 is 10.9. The molecule has 6 nitrogen and oxygen atoms in total. The van der Waals surface area contributed by atoms with Crippen molar-refractivity contribution in [3.05, 3.63) is 22.7 Å². The minimum Gasteiger partial charge on any atom is -0.444 e. The van der Waals surface area contributed by atoms with Crippen LogP contribution in [0.2, 0.25) is 5.02 Å². The first-order chi connectivity index (χ1) is 12.2. The molecule has 0 saturated carbocycles. The first kappa shape index (κ1) is 20.9. The van der Waals surface area contributed by atoms with Gasteiger partial charge in [-0.05, 0) is 38.5 Å². The first-order valence-corrected chi connectivity index (χ1v) is 9.79. The molecule has 1 aliphatic heterocycles. The molecule has 1 N–H and O–H groups in total. The van der Waals surface area contributed by atoms with Gasteiger partial charge in [0.1, 0.15) is 5.60 Å². The average molecular weight is 401 g/mol. The van der Waals surface area contributed by atoms with Crippen molar-refractivity contribution in [3.8, 4) is 0 Å². The van der Waals surface area contributed by atoms with Gasteiger partial charge in [-0.15, -0.1) is 11.8 Å². The van der Waals surface area contributed by atoms with Crippen molar-refractivity contribution in [3.63, 3.8) is 0 Å². The molecule has 144 valence electrons. The Kier molecular flexibility index (Phi) is 7.20. The second-order valence-corrected chi connectivity index (χ2v) is 8.57. The van der Waals surface area contributed by atoms with E-state index in [1.165, 1.54) is 4.90 Å². The molecule has 8 heteroatoms. The number of benzene rings is 1. The predicted octanol–water partition coefficient (Wildman–Crippen LogP) is 3.81. The lowest BCUT2D eigenvalue weighted by atomic mass is 10.2. The minimum absolute atomic E-state index is 0.00402. The summed E-state index contributed by atoms with van der Waals surface area (Å²) in [5, 5.41) is 3.41. The fourth-order valence-corrected chi connectivity index (χ4v) is 3.45. The molecule has 2 amide bonds. The van der Waals surface area contributed by atoms with Gasteiger partial charge in [0.15, 0.2) is 0 Å². The number of likely N-dealkylation sites (N-methyl/N-ethyl adjacent to an activating group) is 1. The number of rotatable bonds is 7. The van der Waals surface area contributed by atoms with Gasteiger partial charge in [0, 0.05) is 29.9 Å². The Labute approximate surface area is 163 Å². The summed E-state index contributed by atoms with van der Waals surface area (Å²) in [5.74, 6) is 0.728. The second kappa shape index (κ2) is 8.97. The molecule has 2 rings (SSSR count). The van der Waals surface area contributed by atoms with E-state index < -0.39 is 5.60 Å². The average Bonchev–Trinajstić information content (AvgIpc) is 2.87. The van der Waals surface area contributed by atoms with Crippen LogP contribution >= 0.6 is 23.4 Å². The number of carbonyl (C=O) groups is 2.